The van der Waals surface area contributed by atoms with Crippen molar-refractivity contribution in [1.29, 1.82) is 5.26 Å². The Balaban J connectivity index is 2.11. The number of hydrogen-bond acceptors (Lipinski definition) is 10. The van der Waals surface area contributed by atoms with Gasteiger partial charge in [-0.3, -0.25) is 4.55 Å². The summed E-state index contributed by atoms with van der Waals surface area (Å²) in [6.45, 7) is -0.672. The van der Waals surface area contributed by atoms with Crippen LogP contribution in [-0.4, -0.2) is 82.4 Å². The van der Waals surface area contributed by atoms with Crippen LogP contribution in [-0.2, 0) is 24.1 Å². The van der Waals surface area contributed by atoms with E-state index >= 15 is 0 Å². The monoisotopic (exact) mass is 367 g/mol. The second kappa shape index (κ2) is 7.00. The molecule has 11 nitrogen and oxygen atoms in total. The van der Waals surface area contributed by atoms with Gasteiger partial charge in [-0.2, -0.15) is 13.7 Å². The van der Waals surface area contributed by atoms with Crippen LogP contribution in [0.5, 0.6) is 0 Å². The Morgan fingerprint density at radius 3 is 2.50 bits per heavy atom. The average molecular weight is 367 g/mol. The van der Waals surface area contributed by atoms with Crippen molar-refractivity contribution in [3.63, 3.8) is 0 Å². The van der Waals surface area contributed by atoms with Crippen molar-refractivity contribution < 1.29 is 47.1 Å². The molecule has 0 amide bonds. The third-order valence-electron chi connectivity index (χ3n) is 3.69. The summed E-state index contributed by atoms with van der Waals surface area (Å²) in [5.74, 6) is 0. The summed E-state index contributed by atoms with van der Waals surface area (Å²) in [6, 6.07) is 1.76. The largest absolute Gasteiger partial charge is 0.397 e. The predicted octanol–water partition coefficient (Wildman–Crippen LogP) is -2.79. The molecule has 2 aliphatic rings. The van der Waals surface area contributed by atoms with Gasteiger partial charge in [0.15, 0.2) is 11.9 Å². The molecular weight excluding hydrogens is 350 g/mol. The minimum Gasteiger partial charge on any atom is -0.394 e. The molecule has 2 rings (SSSR count). The molecule has 0 saturated carbocycles. The Hall–Kier alpha value is -1.14. The van der Waals surface area contributed by atoms with Gasteiger partial charge >= 0.3 is 10.4 Å². The maximum atomic E-state index is 10.7. The fourth-order valence-electron chi connectivity index (χ4n) is 2.49. The van der Waals surface area contributed by atoms with E-state index in [1.165, 1.54) is 6.08 Å². The first kappa shape index (κ1) is 19.2. The number of nitrogens with zero attached hydrogens (tertiary/aromatic N) is 1. The van der Waals surface area contributed by atoms with E-state index in [-0.39, 0.29) is 6.42 Å². The van der Waals surface area contributed by atoms with E-state index in [4.69, 9.17) is 19.1 Å². The molecule has 1 aliphatic heterocycles. The molecule has 0 spiro atoms. The quantitative estimate of drug-likeness (QED) is 0.250. The van der Waals surface area contributed by atoms with Gasteiger partial charge in [-0.05, 0) is 6.08 Å². The van der Waals surface area contributed by atoms with Gasteiger partial charge in [-0.15, -0.1) is 0 Å². The molecular formula is C12H17NO10S. The minimum atomic E-state index is -4.74. The molecule has 1 saturated heterocycles. The van der Waals surface area contributed by atoms with Crippen LogP contribution in [0.3, 0.4) is 0 Å². The van der Waals surface area contributed by atoms with Crippen LogP contribution < -0.4 is 0 Å². The van der Waals surface area contributed by atoms with E-state index in [0.717, 1.165) is 6.08 Å². The lowest BCUT2D eigenvalue weighted by atomic mass is 9.98. The fourth-order valence-corrected chi connectivity index (χ4v) is 2.93. The van der Waals surface area contributed by atoms with Crippen LogP contribution in [0.25, 0.3) is 0 Å². The predicted molar refractivity (Wildman–Crippen MR) is 73.4 cm³/mol. The van der Waals surface area contributed by atoms with Crippen LogP contribution in [0.1, 0.15) is 6.42 Å². The van der Waals surface area contributed by atoms with E-state index in [0.29, 0.717) is 0 Å². The van der Waals surface area contributed by atoms with E-state index in [1.54, 1.807) is 6.07 Å². The van der Waals surface area contributed by atoms with Crippen molar-refractivity contribution in [3.05, 3.63) is 12.2 Å². The number of rotatable bonds is 5. The smallest absolute Gasteiger partial charge is 0.394 e. The third kappa shape index (κ3) is 4.09. The van der Waals surface area contributed by atoms with Crippen molar-refractivity contribution >= 4 is 10.4 Å². The van der Waals surface area contributed by atoms with Crippen LogP contribution in [0, 0.1) is 11.3 Å². The summed E-state index contributed by atoms with van der Waals surface area (Å²) in [6.07, 6.45) is -6.98. The maximum Gasteiger partial charge on any atom is 0.397 e. The van der Waals surface area contributed by atoms with Gasteiger partial charge < -0.3 is 29.9 Å². The number of aliphatic hydroxyl groups excluding tert-OH is 4. The molecule has 12 heteroatoms. The molecule has 1 fully saturated rings. The van der Waals surface area contributed by atoms with Gasteiger partial charge in [0.25, 0.3) is 0 Å². The molecule has 0 unspecified atom stereocenters. The minimum absolute atomic E-state index is 0.335. The molecule has 0 aromatic rings. The van der Waals surface area contributed by atoms with Crippen LogP contribution in [0.2, 0.25) is 0 Å². The van der Waals surface area contributed by atoms with Gasteiger partial charge in [0.2, 0.25) is 0 Å². The highest BCUT2D eigenvalue weighted by Gasteiger charge is 2.48. The Bertz CT molecular complexity index is 628. The van der Waals surface area contributed by atoms with Gasteiger partial charge in [-0.1, -0.05) is 6.08 Å². The Labute approximate surface area is 137 Å². The zero-order valence-electron chi connectivity index (χ0n) is 12.2. The summed E-state index contributed by atoms with van der Waals surface area (Å²) in [5.41, 5.74) is -1.76. The first-order valence-corrected chi connectivity index (χ1v) is 8.22. The molecule has 0 bridgehead atoms. The molecule has 5 N–H and O–H groups in total. The van der Waals surface area contributed by atoms with E-state index in [1.807, 2.05) is 0 Å². The van der Waals surface area contributed by atoms with Crippen LogP contribution in [0.15, 0.2) is 12.2 Å². The van der Waals surface area contributed by atoms with Crippen LogP contribution in [0.4, 0.5) is 0 Å². The summed E-state index contributed by atoms with van der Waals surface area (Å²) in [7, 11) is -4.74. The van der Waals surface area contributed by atoms with Gasteiger partial charge in [0.05, 0.1) is 6.61 Å². The van der Waals surface area contributed by atoms with Gasteiger partial charge in [0.1, 0.15) is 36.6 Å². The lowest BCUT2D eigenvalue weighted by Gasteiger charge is -2.41. The van der Waals surface area contributed by atoms with Crippen molar-refractivity contribution in [2.75, 3.05) is 6.61 Å². The van der Waals surface area contributed by atoms with Crippen molar-refractivity contribution in [1.82, 2.24) is 0 Å². The maximum absolute atomic E-state index is 10.7. The molecule has 0 aromatic heterocycles. The van der Waals surface area contributed by atoms with Crippen molar-refractivity contribution in [3.8, 4) is 6.07 Å². The summed E-state index contributed by atoms with van der Waals surface area (Å²) >= 11 is 0. The topological polar surface area (TPSA) is 187 Å². The third-order valence-corrected chi connectivity index (χ3v) is 4.18. The second-order valence-electron chi connectivity index (χ2n) is 5.44. The number of nitriles is 1. The van der Waals surface area contributed by atoms with E-state index < -0.39 is 59.4 Å². The molecule has 1 aliphatic carbocycles. The SMILES string of the molecule is N#C[C@@]1(O[C@@H]2O[C@H](CO)[C@@H](O)[C@H](O)[C@H]2O)C=C[C@@H](OS(=O)(=O)O)C1. The summed E-state index contributed by atoms with van der Waals surface area (Å²) in [4.78, 5) is 0. The summed E-state index contributed by atoms with van der Waals surface area (Å²) < 4.78 is 44.9. The average Bonchev–Trinajstić information content (AvgIpc) is 2.89. The molecule has 0 radical (unpaired) electrons. The van der Waals surface area contributed by atoms with E-state index in [9.17, 15) is 29.0 Å². The van der Waals surface area contributed by atoms with Gasteiger partial charge in [-0.25, -0.2) is 4.18 Å². The molecule has 136 valence electrons. The molecule has 0 aromatic carbocycles. The van der Waals surface area contributed by atoms with Crippen LogP contribution >= 0.6 is 0 Å². The number of ether oxygens (including phenoxy) is 2. The number of hydrogen-bond donors (Lipinski definition) is 5. The zero-order valence-corrected chi connectivity index (χ0v) is 13.0. The Morgan fingerprint density at radius 1 is 1.29 bits per heavy atom. The second-order valence-corrected chi connectivity index (χ2v) is 6.49. The Kier molecular flexibility index (Phi) is 5.60. The fraction of sp³-hybridized carbons (Fsp3) is 0.750. The highest BCUT2D eigenvalue weighted by Crippen LogP contribution is 2.33. The lowest BCUT2D eigenvalue weighted by Crippen LogP contribution is -2.60. The lowest BCUT2D eigenvalue weighted by molar-refractivity contribution is -0.315. The van der Waals surface area contributed by atoms with E-state index in [2.05, 4.69) is 4.18 Å². The van der Waals surface area contributed by atoms with Crippen molar-refractivity contribution in [2.45, 2.75) is 48.8 Å². The molecule has 1 heterocycles. The molecule has 24 heavy (non-hydrogen) atoms. The molecule has 7 atom stereocenters. The first-order valence-electron chi connectivity index (χ1n) is 6.85. The number of aliphatic hydroxyl groups is 4. The highest BCUT2D eigenvalue weighted by atomic mass is 32.3. The van der Waals surface area contributed by atoms with Gasteiger partial charge in [0, 0.05) is 6.42 Å². The zero-order chi connectivity index (χ0) is 18.1. The standard InChI is InChI=1S/C12H17NO10S/c13-5-12(2-1-6(3-12)23-24(18,19)20)22-11-10(17)9(16)8(15)7(4-14)21-11/h1-2,6-11,14-17H,3-4H2,(H,18,19,20)/t6-,7-,8-,9+,10-,11+,12-/m1/s1. The Morgan fingerprint density at radius 2 is 1.96 bits per heavy atom. The first-order chi connectivity index (χ1) is 11.1. The highest BCUT2D eigenvalue weighted by molar-refractivity contribution is 7.80. The normalized spacial score (nSPS) is 42.8. The van der Waals surface area contributed by atoms with Crippen molar-refractivity contribution in [2.24, 2.45) is 0 Å². The summed E-state index contributed by atoms with van der Waals surface area (Å²) in [5, 5.41) is 47.7.